The summed E-state index contributed by atoms with van der Waals surface area (Å²) in [5.74, 6) is -0.623. The molecule has 0 aliphatic rings. The Kier molecular flexibility index (Phi) is 6.67. The summed E-state index contributed by atoms with van der Waals surface area (Å²) in [4.78, 5) is 29.4. The van der Waals surface area contributed by atoms with E-state index in [9.17, 15) is 14.0 Å². The molecule has 0 atom stereocenters. The second-order valence-electron chi connectivity index (χ2n) is 7.94. The molecule has 180 valence electrons. The maximum Gasteiger partial charge on any atom is 0.319 e. The molecule has 3 aromatic carbocycles. The van der Waals surface area contributed by atoms with Gasteiger partial charge in [0.1, 0.15) is 17.4 Å². The van der Waals surface area contributed by atoms with Crippen LogP contribution in [-0.4, -0.2) is 26.7 Å². The quantitative estimate of drug-likeness (QED) is 0.284. The fraction of sp³-hybridized carbons (Fsp3) is 0.0769. The molecule has 0 saturated heterocycles. The minimum atomic E-state index is -0.447. The standard InChI is InChI=1S/C26H21FN6O2S/c27-18-9-10-21(20(14-18)25-31-22-7-1-2-8-23(22)36-25)32-26(35)28-15-17-5-3-6-19(13-17)30-24(34)16-33-12-4-11-29-33/h1-14H,15-16H2,(H,30,34)(H2,28,32,35). The molecule has 8 nitrogen and oxygen atoms in total. The highest BCUT2D eigenvalue weighted by atomic mass is 32.1. The van der Waals surface area contributed by atoms with Gasteiger partial charge in [-0.15, -0.1) is 11.3 Å². The highest BCUT2D eigenvalue weighted by Gasteiger charge is 2.14. The number of anilines is 2. The van der Waals surface area contributed by atoms with E-state index in [2.05, 4.69) is 26.0 Å². The molecule has 5 rings (SSSR count). The minimum absolute atomic E-state index is 0.104. The Morgan fingerprint density at radius 2 is 1.86 bits per heavy atom. The topological polar surface area (TPSA) is 101 Å². The average Bonchev–Trinajstić information content (AvgIpc) is 3.54. The molecule has 0 radical (unpaired) electrons. The average molecular weight is 501 g/mol. The van der Waals surface area contributed by atoms with E-state index in [1.165, 1.54) is 34.2 Å². The molecule has 3 N–H and O–H groups in total. The van der Waals surface area contributed by atoms with Gasteiger partial charge in [-0.1, -0.05) is 24.3 Å². The molecule has 0 bridgehead atoms. The first-order valence-electron chi connectivity index (χ1n) is 11.1. The molecule has 3 amide bonds. The van der Waals surface area contributed by atoms with E-state index in [-0.39, 0.29) is 19.0 Å². The third kappa shape index (κ3) is 5.56. The molecule has 2 aromatic heterocycles. The van der Waals surface area contributed by atoms with Crippen LogP contribution >= 0.6 is 11.3 Å². The monoisotopic (exact) mass is 500 g/mol. The van der Waals surface area contributed by atoms with Crippen LogP contribution in [0.4, 0.5) is 20.6 Å². The van der Waals surface area contributed by atoms with Crippen molar-refractivity contribution in [2.75, 3.05) is 10.6 Å². The Labute approximate surface area is 209 Å². The Hall–Kier alpha value is -4.57. The minimum Gasteiger partial charge on any atom is -0.334 e. The number of thiazole rings is 1. The molecular weight excluding hydrogens is 479 g/mol. The fourth-order valence-electron chi connectivity index (χ4n) is 3.64. The van der Waals surface area contributed by atoms with E-state index in [0.29, 0.717) is 21.9 Å². The Bertz CT molecular complexity index is 1500. The first-order chi connectivity index (χ1) is 17.5. The lowest BCUT2D eigenvalue weighted by atomic mass is 10.1. The van der Waals surface area contributed by atoms with Crippen molar-refractivity contribution in [2.45, 2.75) is 13.1 Å². The Balaban J connectivity index is 1.23. The lowest BCUT2D eigenvalue weighted by Gasteiger charge is -2.12. The van der Waals surface area contributed by atoms with Crippen molar-refractivity contribution in [1.82, 2.24) is 20.1 Å². The second-order valence-corrected chi connectivity index (χ2v) is 8.97. The maximum absolute atomic E-state index is 14.0. The number of fused-ring (bicyclic) bond motifs is 1. The number of hydrogen-bond donors (Lipinski definition) is 3. The van der Waals surface area contributed by atoms with Crippen LogP contribution in [0.25, 0.3) is 20.8 Å². The third-order valence-corrected chi connectivity index (χ3v) is 6.35. The van der Waals surface area contributed by atoms with Crippen molar-refractivity contribution >= 4 is 44.9 Å². The van der Waals surface area contributed by atoms with Crippen LogP contribution in [0.1, 0.15) is 5.56 Å². The summed E-state index contributed by atoms with van der Waals surface area (Å²) in [6.45, 7) is 0.332. The number of carbonyl (C=O) groups is 2. The van der Waals surface area contributed by atoms with Crippen molar-refractivity contribution in [3.63, 3.8) is 0 Å². The van der Waals surface area contributed by atoms with Gasteiger partial charge >= 0.3 is 6.03 Å². The van der Waals surface area contributed by atoms with Crippen molar-refractivity contribution < 1.29 is 14.0 Å². The molecular formula is C26H21FN6O2S. The zero-order chi connectivity index (χ0) is 24.9. The summed E-state index contributed by atoms with van der Waals surface area (Å²) in [5.41, 5.74) is 3.19. The van der Waals surface area contributed by atoms with Gasteiger partial charge in [-0.2, -0.15) is 5.10 Å². The fourth-order valence-corrected chi connectivity index (χ4v) is 4.64. The lowest BCUT2D eigenvalue weighted by Crippen LogP contribution is -2.28. The smallest absolute Gasteiger partial charge is 0.319 e. The predicted molar refractivity (Wildman–Crippen MR) is 138 cm³/mol. The van der Waals surface area contributed by atoms with Crippen molar-refractivity contribution in [3.8, 4) is 10.6 Å². The van der Waals surface area contributed by atoms with Crippen LogP contribution in [-0.2, 0) is 17.9 Å². The number of nitrogens with zero attached hydrogens (tertiary/aromatic N) is 3. The summed E-state index contributed by atoms with van der Waals surface area (Å²) in [6.07, 6.45) is 3.32. The van der Waals surface area contributed by atoms with Crippen molar-refractivity contribution in [1.29, 1.82) is 0 Å². The molecule has 0 spiro atoms. The van der Waals surface area contributed by atoms with E-state index in [1.807, 2.05) is 30.3 Å². The molecule has 0 unspecified atom stereocenters. The van der Waals surface area contributed by atoms with Gasteiger partial charge in [-0.05, 0) is 54.1 Å². The number of carbonyl (C=O) groups excluding carboxylic acids is 2. The van der Waals surface area contributed by atoms with Gasteiger partial charge in [-0.25, -0.2) is 14.2 Å². The van der Waals surface area contributed by atoms with Gasteiger partial charge in [0.05, 0.1) is 15.9 Å². The number of rotatable bonds is 7. The summed E-state index contributed by atoms with van der Waals surface area (Å²) in [7, 11) is 0. The first-order valence-corrected chi connectivity index (χ1v) is 11.9. The highest BCUT2D eigenvalue weighted by molar-refractivity contribution is 7.21. The summed E-state index contributed by atoms with van der Waals surface area (Å²) >= 11 is 1.43. The first kappa shape index (κ1) is 23.2. The van der Waals surface area contributed by atoms with E-state index >= 15 is 0 Å². The van der Waals surface area contributed by atoms with Gasteiger partial charge in [0.15, 0.2) is 0 Å². The van der Waals surface area contributed by atoms with E-state index in [0.717, 1.165) is 15.8 Å². The van der Waals surface area contributed by atoms with Crippen LogP contribution in [0.2, 0.25) is 0 Å². The molecule has 0 fully saturated rings. The van der Waals surface area contributed by atoms with Crippen molar-refractivity contribution in [3.05, 3.63) is 96.6 Å². The van der Waals surface area contributed by atoms with Crippen LogP contribution in [0, 0.1) is 5.82 Å². The van der Waals surface area contributed by atoms with Gasteiger partial charge in [0.25, 0.3) is 0 Å². The van der Waals surface area contributed by atoms with E-state index in [1.54, 1.807) is 36.7 Å². The number of para-hydroxylation sites is 1. The normalized spacial score (nSPS) is 10.8. The lowest BCUT2D eigenvalue weighted by molar-refractivity contribution is -0.116. The SMILES string of the molecule is O=C(Cn1cccn1)Nc1cccc(CNC(=O)Nc2ccc(F)cc2-c2nc3ccccc3s2)c1. The molecule has 2 heterocycles. The summed E-state index contributed by atoms with van der Waals surface area (Å²) in [6, 6.07) is 20.3. The van der Waals surface area contributed by atoms with Crippen LogP contribution in [0.5, 0.6) is 0 Å². The van der Waals surface area contributed by atoms with Crippen LogP contribution in [0.15, 0.2) is 85.2 Å². The van der Waals surface area contributed by atoms with E-state index in [4.69, 9.17) is 0 Å². The van der Waals surface area contributed by atoms with Gasteiger partial charge in [-0.3, -0.25) is 9.48 Å². The number of amides is 3. The highest BCUT2D eigenvalue weighted by Crippen LogP contribution is 2.35. The van der Waals surface area contributed by atoms with Crippen LogP contribution in [0.3, 0.4) is 0 Å². The molecule has 0 saturated carbocycles. The predicted octanol–water partition coefficient (Wildman–Crippen LogP) is 5.26. The van der Waals surface area contributed by atoms with Gasteiger partial charge in [0, 0.05) is 30.2 Å². The number of nitrogens with one attached hydrogen (secondary N) is 3. The zero-order valence-corrected chi connectivity index (χ0v) is 19.8. The Morgan fingerprint density at radius 1 is 0.972 bits per heavy atom. The molecule has 36 heavy (non-hydrogen) atoms. The third-order valence-electron chi connectivity index (χ3n) is 5.28. The maximum atomic E-state index is 14.0. The number of aromatic nitrogens is 3. The number of hydrogen-bond acceptors (Lipinski definition) is 5. The van der Waals surface area contributed by atoms with Gasteiger partial charge < -0.3 is 16.0 Å². The largest absolute Gasteiger partial charge is 0.334 e. The summed E-state index contributed by atoms with van der Waals surface area (Å²) in [5, 5.41) is 13.0. The molecule has 10 heteroatoms. The summed E-state index contributed by atoms with van der Waals surface area (Å²) < 4.78 is 16.5. The van der Waals surface area contributed by atoms with Crippen LogP contribution < -0.4 is 16.0 Å². The number of urea groups is 1. The second kappa shape index (κ2) is 10.4. The zero-order valence-electron chi connectivity index (χ0n) is 18.9. The van der Waals surface area contributed by atoms with Gasteiger partial charge in [0.2, 0.25) is 5.91 Å². The van der Waals surface area contributed by atoms with E-state index < -0.39 is 11.8 Å². The number of halogens is 1. The van der Waals surface area contributed by atoms with Crippen molar-refractivity contribution in [2.24, 2.45) is 0 Å². The number of benzene rings is 3. The molecule has 0 aliphatic heterocycles. The molecule has 5 aromatic rings. The molecule has 0 aliphatic carbocycles. The Morgan fingerprint density at radius 3 is 2.69 bits per heavy atom.